The first-order valence-corrected chi connectivity index (χ1v) is 6.56. The van der Waals surface area contributed by atoms with E-state index in [1.54, 1.807) is 38.1 Å². The summed E-state index contributed by atoms with van der Waals surface area (Å²) in [5.74, 6) is -3.30. The zero-order valence-electron chi connectivity index (χ0n) is 12.7. The van der Waals surface area contributed by atoms with Crippen LogP contribution in [0.5, 0.6) is 0 Å². The lowest BCUT2D eigenvalue weighted by Crippen LogP contribution is -2.40. The fraction of sp³-hybridized carbons (Fsp3) is 0.438. The quantitative estimate of drug-likeness (QED) is 0.455. The van der Waals surface area contributed by atoms with Crippen LogP contribution in [0.15, 0.2) is 30.3 Å². The maximum Gasteiger partial charge on any atom is 0.320 e. The monoisotopic (exact) mass is 292 g/mol. The number of benzene rings is 1. The second kappa shape index (κ2) is 7.02. The summed E-state index contributed by atoms with van der Waals surface area (Å²) in [4.78, 5) is 35.6. The van der Waals surface area contributed by atoms with Gasteiger partial charge in [-0.3, -0.25) is 9.59 Å². The largest absolute Gasteiger partial charge is 0.468 e. The summed E-state index contributed by atoms with van der Waals surface area (Å²) in [6.07, 6.45) is 0.740. The first-order chi connectivity index (χ1) is 9.88. The zero-order valence-corrected chi connectivity index (χ0v) is 12.7. The third-order valence-corrected chi connectivity index (χ3v) is 3.51. The molecule has 0 heterocycles. The van der Waals surface area contributed by atoms with Crippen molar-refractivity contribution in [3.05, 3.63) is 35.9 Å². The highest BCUT2D eigenvalue weighted by molar-refractivity contribution is 5.96. The highest BCUT2D eigenvalue weighted by atomic mass is 16.5. The Bertz CT molecular complexity index is 491. The Labute approximate surface area is 124 Å². The van der Waals surface area contributed by atoms with Gasteiger partial charge < -0.3 is 14.3 Å². The van der Waals surface area contributed by atoms with Gasteiger partial charge in [0.15, 0.2) is 5.92 Å². The first kappa shape index (κ1) is 16.9. The third-order valence-electron chi connectivity index (χ3n) is 3.51. The minimum atomic E-state index is -1.19. The predicted octanol–water partition coefficient (Wildman–Crippen LogP) is 1.96. The van der Waals surface area contributed by atoms with Crippen LogP contribution in [0.3, 0.4) is 0 Å². The Kier molecular flexibility index (Phi) is 5.64. The van der Waals surface area contributed by atoms with Gasteiger partial charge in [0.05, 0.1) is 14.2 Å². The number of hydrogen-bond donors (Lipinski definition) is 0. The average Bonchev–Trinajstić information content (AvgIpc) is 2.51. The standard InChI is InChI=1S/C16H20O5/c1-16(2,10-17)13(11-8-6-5-7-9-11)12(14(18)20-3)15(19)21-4/h5-10,12-13H,1-4H3/t13-/m0/s1. The van der Waals surface area contributed by atoms with Gasteiger partial charge in [-0.25, -0.2) is 0 Å². The van der Waals surface area contributed by atoms with E-state index in [0.29, 0.717) is 5.56 Å². The van der Waals surface area contributed by atoms with E-state index in [2.05, 4.69) is 0 Å². The molecule has 1 aromatic rings. The molecule has 0 saturated heterocycles. The van der Waals surface area contributed by atoms with Crippen LogP contribution >= 0.6 is 0 Å². The molecule has 0 amide bonds. The van der Waals surface area contributed by atoms with Gasteiger partial charge in [-0.1, -0.05) is 44.2 Å². The van der Waals surface area contributed by atoms with Gasteiger partial charge >= 0.3 is 11.9 Å². The van der Waals surface area contributed by atoms with Gasteiger partial charge in [0.1, 0.15) is 6.29 Å². The van der Waals surface area contributed by atoms with E-state index in [0.717, 1.165) is 6.29 Å². The van der Waals surface area contributed by atoms with Crippen LogP contribution < -0.4 is 0 Å². The fourth-order valence-electron chi connectivity index (χ4n) is 2.41. The summed E-state index contributed by atoms with van der Waals surface area (Å²) < 4.78 is 9.44. The topological polar surface area (TPSA) is 69.7 Å². The molecular weight excluding hydrogens is 272 g/mol. The second-order valence-electron chi connectivity index (χ2n) is 5.35. The van der Waals surface area contributed by atoms with Gasteiger partial charge in [-0.15, -0.1) is 0 Å². The smallest absolute Gasteiger partial charge is 0.320 e. The van der Waals surface area contributed by atoms with Crippen molar-refractivity contribution in [3.63, 3.8) is 0 Å². The minimum absolute atomic E-state index is 0.670. The van der Waals surface area contributed by atoms with Crippen molar-refractivity contribution in [3.8, 4) is 0 Å². The van der Waals surface area contributed by atoms with E-state index in [9.17, 15) is 14.4 Å². The minimum Gasteiger partial charge on any atom is -0.468 e. The third kappa shape index (κ3) is 3.68. The number of rotatable bonds is 6. The molecule has 21 heavy (non-hydrogen) atoms. The van der Waals surface area contributed by atoms with E-state index < -0.39 is 29.2 Å². The molecule has 0 N–H and O–H groups in total. The number of aldehydes is 1. The Hall–Kier alpha value is -2.17. The van der Waals surface area contributed by atoms with Crippen molar-refractivity contribution in [2.45, 2.75) is 19.8 Å². The van der Waals surface area contributed by atoms with Crippen LogP contribution in [0.1, 0.15) is 25.3 Å². The molecule has 0 aliphatic rings. The predicted molar refractivity (Wildman–Crippen MR) is 76.6 cm³/mol. The molecule has 0 fully saturated rings. The normalized spacial score (nSPS) is 12.6. The Morgan fingerprint density at radius 2 is 1.52 bits per heavy atom. The molecule has 1 aromatic carbocycles. The number of ether oxygens (including phenoxy) is 2. The summed E-state index contributed by atoms with van der Waals surface area (Å²) in [7, 11) is 2.41. The molecular formula is C16H20O5. The van der Waals surface area contributed by atoms with E-state index in [-0.39, 0.29) is 0 Å². The number of carbonyl (C=O) groups is 3. The summed E-state index contributed by atoms with van der Waals surface area (Å²) in [6.45, 7) is 3.35. The highest BCUT2D eigenvalue weighted by Gasteiger charge is 2.45. The molecule has 0 aromatic heterocycles. The van der Waals surface area contributed by atoms with Gasteiger partial charge in [0, 0.05) is 11.3 Å². The number of hydrogen-bond acceptors (Lipinski definition) is 5. The molecule has 5 heteroatoms. The molecule has 1 rings (SSSR count). The van der Waals surface area contributed by atoms with Crippen molar-refractivity contribution in [1.29, 1.82) is 0 Å². The van der Waals surface area contributed by atoms with E-state index in [1.165, 1.54) is 14.2 Å². The molecule has 1 atom stereocenters. The van der Waals surface area contributed by atoms with Crippen LogP contribution in [0.4, 0.5) is 0 Å². The zero-order chi connectivity index (χ0) is 16.0. The van der Waals surface area contributed by atoms with Gasteiger partial charge in [0.2, 0.25) is 0 Å². The molecule has 0 unspecified atom stereocenters. The van der Waals surface area contributed by atoms with Crippen molar-refractivity contribution < 1.29 is 23.9 Å². The number of carbonyl (C=O) groups excluding carboxylic acids is 3. The van der Waals surface area contributed by atoms with Crippen molar-refractivity contribution in [1.82, 2.24) is 0 Å². The van der Waals surface area contributed by atoms with Crippen LogP contribution in [-0.4, -0.2) is 32.4 Å². The molecule has 0 aliphatic carbocycles. The molecule has 0 bridgehead atoms. The Morgan fingerprint density at radius 1 is 1.05 bits per heavy atom. The summed E-state index contributed by atoms with van der Waals surface area (Å²) >= 11 is 0. The SMILES string of the molecule is COC(=O)C(C(=O)OC)[C@H](c1ccccc1)C(C)(C)C=O. The summed E-state index contributed by atoms with van der Waals surface area (Å²) in [6, 6.07) is 8.94. The highest BCUT2D eigenvalue weighted by Crippen LogP contribution is 2.40. The summed E-state index contributed by atoms with van der Waals surface area (Å²) in [5, 5.41) is 0. The van der Waals surface area contributed by atoms with Crippen molar-refractivity contribution in [2.75, 3.05) is 14.2 Å². The maximum absolute atomic E-state index is 12.1. The van der Waals surface area contributed by atoms with Crippen LogP contribution in [0, 0.1) is 11.3 Å². The van der Waals surface area contributed by atoms with Crippen LogP contribution in [0.2, 0.25) is 0 Å². The molecule has 5 nitrogen and oxygen atoms in total. The van der Waals surface area contributed by atoms with Crippen molar-refractivity contribution >= 4 is 18.2 Å². The van der Waals surface area contributed by atoms with E-state index >= 15 is 0 Å². The van der Waals surface area contributed by atoms with E-state index in [4.69, 9.17) is 9.47 Å². The summed E-state index contributed by atoms with van der Waals surface area (Å²) in [5.41, 5.74) is -0.232. The molecule has 0 spiro atoms. The molecule has 0 aliphatic heterocycles. The van der Waals surface area contributed by atoms with Gasteiger partial charge in [0.25, 0.3) is 0 Å². The maximum atomic E-state index is 12.1. The molecule has 0 radical (unpaired) electrons. The van der Waals surface area contributed by atoms with Gasteiger partial charge in [-0.05, 0) is 5.56 Å². The lowest BCUT2D eigenvalue weighted by atomic mass is 9.69. The van der Waals surface area contributed by atoms with Crippen LogP contribution in [-0.2, 0) is 23.9 Å². The first-order valence-electron chi connectivity index (χ1n) is 6.56. The Balaban J connectivity index is 3.43. The lowest BCUT2D eigenvalue weighted by molar-refractivity contribution is -0.161. The van der Waals surface area contributed by atoms with Gasteiger partial charge in [-0.2, -0.15) is 0 Å². The number of methoxy groups -OCH3 is 2. The number of esters is 2. The fourth-order valence-corrected chi connectivity index (χ4v) is 2.41. The van der Waals surface area contributed by atoms with Crippen LogP contribution in [0.25, 0.3) is 0 Å². The lowest BCUT2D eigenvalue weighted by Gasteiger charge is -2.33. The second-order valence-corrected chi connectivity index (χ2v) is 5.35. The van der Waals surface area contributed by atoms with E-state index in [1.807, 2.05) is 6.07 Å². The molecule has 0 saturated carbocycles. The average molecular weight is 292 g/mol. The van der Waals surface area contributed by atoms with Crippen molar-refractivity contribution in [2.24, 2.45) is 11.3 Å². The Morgan fingerprint density at radius 3 is 1.90 bits per heavy atom. The molecule has 114 valence electrons.